The third-order valence-corrected chi connectivity index (χ3v) is 7.77. The highest BCUT2D eigenvalue weighted by atomic mass is 32.1. The Labute approximate surface area is 229 Å². The van der Waals surface area contributed by atoms with Crippen molar-refractivity contribution < 1.29 is 9.90 Å². The lowest BCUT2D eigenvalue weighted by atomic mass is 10.0. The van der Waals surface area contributed by atoms with E-state index in [0.717, 1.165) is 32.4 Å². The molecule has 6 rings (SSSR count). The fourth-order valence-electron chi connectivity index (χ4n) is 4.86. The van der Waals surface area contributed by atoms with E-state index in [0.29, 0.717) is 0 Å². The topological polar surface area (TPSA) is 64.3 Å². The minimum atomic E-state index is -1.22. The molecule has 5 aromatic carbocycles. The van der Waals surface area contributed by atoms with Gasteiger partial charge in [0.25, 0.3) is 0 Å². The molecule has 0 bridgehead atoms. The number of rotatable bonds is 6. The summed E-state index contributed by atoms with van der Waals surface area (Å²) in [7, 11) is 0. The van der Waals surface area contributed by atoms with Crippen LogP contribution in [-0.4, -0.2) is 11.1 Å². The molecule has 0 amide bonds. The molecule has 4 nitrogen and oxygen atoms in total. The van der Waals surface area contributed by atoms with Crippen molar-refractivity contribution >= 4 is 62.0 Å². The van der Waals surface area contributed by atoms with Gasteiger partial charge in [-0.15, -0.1) is 11.3 Å². The molecule has 0 spiro atoms. The van der Waals surface area contributed by atoms with Crippen LogP contribution in [0.2, 0.25) is 0 Å². The van der Waals surface area contributed by atoms with Gasteiger partial charge >= 0.3 is 5.97 Å². The Kier molecular flexibility index (Phi) is 6.38. The molecule has 0 radical (unpaired) electrons. The second kappa shape index (κ2) is 10.3. The number of fused-ring (bicyclic) bond motifs is 2. The van der Waals surface area contributed by atoms with Gasteiger partial charge in [-0.2, -0.15) is 5.26 Å². The third-order valence-electron chi connectivity index (χ3n) is 6.69. The van der Waals surface area contributed by atoms with Gasteiger partial charge in [0.05, 0.1) is 11.4 Å². The van der Waals surface area contributed by atoms with Gasteiger partial charge in [-0.3, -0.25) is 0 Å². The standard InChI is InChI=1S/C34H22N2O2S/c35-22-26(34(37)38)21-28-19-20-33(39-28)25-15-17-27(18-16-25)36(31-13-5-9-23-7-1-3-11-29(23)31)32-14-6-10-24-8-2-4-12-30(24)32/h1-21H,(H,37,38). The number of hydrogen-bond donors (Lipinski definition) is 1. The number of aliphatic carboxylic acids is 1. The summed E-state index contributed by atoms with van der Waals surface area (Å²) in [6, 6.07) is 43.5. The number of carbonyl (C=O) groups is 1. The fraction of sp³-hybridized carbons (Fsp3) is 0. The lowest BCUT2D eigenvalue weighted by Crippen LogP contribution is -2.11. The van der Waals surface area contributed by atoms with Crippen molar-refractivity contribution in [3.63, 3.8) is 0 Å². The number of hydrogen-bond acceptors (Lipinski definition) is 4. The molecule has 1 heterocycles. The van der Waals surface area contributed by atoms with Gasteiger partial charge in [-0.05, 0) is 58.8 Å². The monoisotopic (exact) mass is 522 g/mol. The average Bonchev–Trinajstić information content (AvgIpc) is 3.45. The predicted octanol–water partition coefficient (Wildman–Crippen LogP) is 9.18. The second-order valence-corrected chi connectivity index (χ2v) is 10.2. The summed E-state index contributed by atoms with van der Waals surface area (Å²) >= 11 is 1.45. The van der Waals surface area contributed by atoms with E-state index in [4.69, 9.17) is 5.26 Å². The van der Waals surface area contributed by atoms with Crippen LogP contribution in [-0.2, 0) is 4.79 Å². The van der Waals surface area contributed by atoms with Crippen LogP contribution in [0.4, 0.5) is 17.1 Å². The van der Waals surface area contributed by atoms with E-state index in [1.807, 2.05) is 12.1 Å². The van der Waals surface area contributed by atoms with Gasteiger partial charge in [-0.1, -0.05) is 84.9 Å². The summed E-state index contributed by atoms with van der Waals surface area (Å²) < 4.78 is 0. The van der Waals surface area contributed by atoms with Crippen molar-refractivity contribution in [1.82, 2.24) is 0 Å². The summed E-state index contributed by atoms with van der Waals surface area (Å²) in [6.45, 7) is 0. The highest BCUT2D eigenvalue weighted by molar-refractivity contribution is 7.16. The Balaban J connectivity index is 1.47. The average molecular weight is 523 g/mol. The Bertz CT molecular complexity index is 1820. The highest BCUT2D eigenvalue weighted by Crippen LogP contribution is 2.42. The largest absolute Gasteiger partial charge is 0.477 e. The van der Waals surface area contributed by atoms with Crippen molar-refractivity contribution in [3.8, 4) is 16.5 Å². The first-order valence-corrected chi connectivity index (χ1v) is 13.2. The Morgan fingerprint density at radius 2 is 1.28 bits per heavy atom. The second-order valence-electron chi connectivity index (χ2n) is 9.06. The Hall–Kier alpha value is -5.18. The van der Waals surface area contributed by atoms with Crippen molar-refractivity contribution in [2.45, 2.75) is 0 Å². The Morgan fingerprint density at radius 3 is 1.85 bits per heavy atom. The molecule has 0 aliphatic carbocycles. The highest BCUT2D eigenvalue weighted by Gasteiger charge is 2.18. The minimum absolute atomic E-state index is 0.278. The van der Waals surface area contributed by atoms with Gasteiger partial charge < -0.3 is 10.0 Å². The summed E-state index contributed by atoms with van der Waals surface area (Å²) in [6.07, 6.45) is 1.41. The van der Waals surface area contributed by atoms with Crippen LogP contribution in [0.1, 0.15) is 4.88 Å². The van der Waals surface area contributed by atoms with E-state index in [2.05, 4.69) is 114 Å². The number of nitrogens with zero attached hydrogens (tertiary/aromatic N) is 2. The molecule has 6 aromatic rings. The summed E-state index contributed by atoms with van der Waals surface area (Å²) in [5.41, 5.74) is 3.96. The number of nitriles is 1. The predicted molar refractivity (Wildman–Crippen MR) is 161 cm³/mol. The third kappa shape index (κ3) is 4.66. The van der Waals surface area contributed by atoms with Crippen molar-refractivity contribution in [3.05, 3.63) is 132 Å². The molecule has 5 heteroatoms. The molecule has 0 saturated carbocycles. The normalized spacial score (nSPS) is 11.4. The molecular weight excluding hydrogens is 500 g/mol. The minimum Gasteiger partial charge on any atom is -0.477 e. The smallest absolute Gasteiger partial charge is 0.346 e. The molecule has 0 fully saturated rings. The van der Waals surface area contributed by atoms with Crippen LogP contribution in [0.3, 0.4) is 0 Å². The zero-order valence-corrected chi connectivity index (χ0v) is 21.6. The van der Waals surface area contributed by atoms with E-state index in [1.54, 1.807) is 6.07 Å². The van der Waals surface area contributed by atoms with Crippen LogP contribution in [0.5, 0.6) is 0 Å². The molecule has 39 heavy (non-hydrogen) atoms. The van der Waals surface area contributed by atoms with E-state index < -0.39 is 5.97 Å². The summed E-state index contributed by atoms with van der Waals surface area (Å²) in [5, 5.41) is 22.9. The molecule has 0 atom stereocenters. The molecule has 186 valence electrons. The first kappa shape index (κ1) is 24.2. The number of carboxylic acids is 1. The number of carboxylic acid groups (broad SMARTS) is 1. The Morgan fingerprint density at radius 1 is 0.718 bits per heavy atom. The first-order chi connectivity index (χ1) is 19.1. The zero-order chi connectivity index (χ0) is 26.8. The van der Waals surface area contributed by atoms with Crippen LogP contribution in [0.25, 0.3) is 38.1 Å². The lowest BCUT2D eigenvalue weighted by Gasteiger charge is -2.28. The van der Waals surface area contributed by atoms with Crippen molar-refractivity contribution in [2.75, 3.05) is 4.90 Å². The summed E-state index contributed by atoms with van der Waals surface area (Å²) in [5.74, 6) is -1.22. The molecular formula is C34H22N2O2S. The van der Waals surface area contributed by atoms with Gasteiger partial charge in [0.15, 0.2) is 0 Å². The molecule has 1 N–H and O–H groups in total. The molecule has 0 aliphatic heterocycles. The maximum atomic E-state index is 11.2. The molecule has 1 aromatic heterocycles. The van der Waals surface area contributed by atoms with Crippen molar-refractivity contribution in [2.24, 2.45) is 0 Å². The van der Waals surface area contributed by atoms with E-state index in [-0.39, 0.29) is 5.57 Å². The van der Waals surface area contributed by atoms with Crippen molar-refractivity contribution in [1.29, 1.82) is 5.26 Å². The lowest BCUT2D eigenvalue weighted by molar-refractivity contribution is -0.132. The summed E-state index contributed by atoms with van der Waals surface area (Å²) in [4.78, 5) is 15.2. The van der Waals surface area contributed by atoms with Crippen LogP contribution in [0.15, 0.2) is 127 Å². The zero-order valence-electron chi connectivity index (χ0n) is 20.8. The van der Waals surface area contributed by atoms with E-state index >= 15 is 0 Å². The van der Waals surface area contributed by atoms with Crippen LogP contribution in [0, 0.1) is 11.3 Å². The van der Waals surface area contributed by atoms with E-state index in [9.17, 15) is 9.90 Å². The van der Waals surface area contributed by atoms with Gasteiger partial charge in [0.1, 0.15) is 11.6 Å². The maximum absolute atomic E-state index is 11.2. The maximum Gasteiger partial charge on any atom is 0.346 e. The SMILES string of the molecule is N#CC(=Cc1ccc(-c2ccc(N(c3cccc4ccccc34)c3cccc4ccccc34)cc2)s1)C(=O)O. The number of anilines is 3. The van der Waals surface area contributed by atoms with Gasteiger partial charge in [-0.25, -0.2) is 4.79 Å². The molecule has 0 aliphatic rings. The number of thiophene rings is 1. The number of benzene rings is 5. The van der Waals surface area contributed by atoms with Gasteiger partial charge in [0.2, 0.25) is 0 Å². The van der Waals surface area contributed by atoms with Crippen LogP contribution >= 0.6 is 11.3 Å². The molecule has 0 saturated heterocycles. The quantitative estimate of drug-likeness (QED) is 0.175. The first-order valence-electron chi connectivity index (χ1n) is 12.4. The van der Waals surface area contributed by atoms with Crippen LogP contribution < -0.4 is 4.90 Å². The van der Waals surface area contributed by atoms with E-state index in [1.165, 1.54) is 39.0 Å². The van der Waals surface area contributed by atoms with Gasteiger partial charge in [0, 0.05) is 26.2 Å². The fourth-order valence-corrected chi connectivity index (χ4v) is 5.82. The molecule has 0 unspecified atom stereocenters.